The normalized spacial score (nSPS) is 9.96. The number of amides is 1. The van der Waals surface area contributed by atoms with Gasteiger partial charge in [0, 0.05) is 12.1 Å². The van der Waals surface area contributed by atoms with Gasteiger partial charge in [-0.1, -0.05) is 0 Å². The Morgan fingerprint density at radius 2 is 2.00 bits per heavy atom. The molecule has 1 aromatic carbocycles. The van der Waals surface area contributed by atoms with Gasteiger partial charge in [0.15, 0.2) is 6.61 Å². The summed E-state index contributed by atoms with van der Waals surface area (Å²) >= 11 is 0.954. The van der Waals surface area contributed by atoms with Crippen LogP contribution in [0.4, 0.5) is 10.7 Å². The molecule has 2 rings (SSSR count). The Kier molecular flexibility index (Phi) is 6.46. The Bertz CT molecular complexity index is 914. The SMILES string of the molecule is CCOC(=O)c1sc(NC(=O)COc2ccc([N+](=O)[O-])cc2)c(C#N)c1C. The molecule has 1 N–H and O–H groups in total. The van der Waals surface area contributed by atoms with Gasteiger partial charge in [-0.05, 0) is 31.5 Å². The Balaban J connectivity index is 2.05. The molecular weight excluding hydrogens is 374 g/mol. The third-order valence-electron chi connectivity index (χ3n) is 3.39. The first kappa shape index (κ1) is 19.9. The second kappa shape index (κ2) is 8.77. The van der Waals surface area contributed by atoms with Crippen LogP contribution in [0.1, 0.15) is 27.7 Å². The molecule has 1 amide bonds. The van der Waals surface area contributed by atoms with Crippen LogP contribution in [0.3, 0.4) is 0 Å². The molecule has 10 heteroatoms. The lowest BCUT2D eigenvalue weighted by Gasteiger charge is -2.06. The fourth-order valence-corrected chi connectivity index (χ4v) is 3.17. The first-order valence-electron chi connectivity index (χ1n) is 7.75. The van der Waals surface area contributed by atoms with Crippen molar-refractivity contribution in [2.24, 2.45) is 0 Å². The predicted octanol–water partition coefficient (Wildman–Crippen LogP) is 3.03. The average Bonchev–Trinajstić information content (AvgIpc) is 2.95. The second-order valence-corrected chi connectivity index (χ2v) is 6.20. The number of hydrogen-bond donors (Lipinski definition) is 1. The van der Waals surface area contributed by atoms with E-state index in [2.05, 4.69) is 5.32 Å². The summed E-state index contributed by atoms with van der Waals surface area (Å²) < 4.78 is 10.2. The van der Waals surface area contributed by atoms with Crippen LogP contribution in [-0.2, 0) is 9.53 Å². The van der Waals surface area contributed by atoms with Crippen molar-refractivity contribution in [2.45, 2.75) is 13.8 Å². The molecule has 0 radical (unpaired) electrons. The van der Waals surface area contributed by atoms with Crippen LogP contribution in [0.2, 0.25) is 0 Å². The van der Waals surface area contributed by atoms with E-state index < -0.39 is 16.8 Å². The fraction of sp³-hybridized carbons (Fsp3) is 0.235. The van der Waals surface area contributed by atoms with Crippen molar-refractivity contribution in [3.63, 3.8) is 0 Å². The van der Waals surface area contributed by atoms with Crippen molar-refractivity contribution in [2.75, 3.05) is 18.5 Å². The van der Waals surface area contributed by atoms with Gasteiger partial charge in [0.05, 0.1) is 17.1 Å². The lowest BCUT2D eigenvalue weighted by atomic mass is 10.2. The number of esters is 1. The molecule has 27 heavy (non-hydrogen) atoms. The molecule has 0 atom stereocenters. The van der Waals surface area contributed by atoms with Gasteiger partial charge in [-0.2, -0.15) is 5.26 Å². The Labute approximate surface area is 158 Å². The molecule has 2 aromatic rings. The molecule has 0 spiro atoms. The van der Waals surface area contributed by atoms with Crippen molar-refractivity contribution in [1.82, 2.24) is 0 Å². The van der Waals surface area contributed by atoms with Crippen LogP contribution < -0.4 is 10.1 Å². The summed E-state index contributed by atoms with van der Waals surface area (Å²) in [6.45, 7) is 3.10. The largest absolute Gasteiger partial charge is 0.484 e. The number of hydrogen-bond acceptors (Lipinski definition) is 8. The lowest BCUT2D eigenvalue weighted by molar-refractivity contribution is -0.384. The summed E-state index contributed by atoms with van der Waals surface area (Å²) in [4.78, 5) is 34.3. The highest BCUT2D eigenvalue weighted by molar-refractivity contribution is 7.18. The maximum absolute atomic E-state index is 12.1. The number of nitrogens with zero attached hydrogens (tertiary/aromatic N) is 2. The maximum atomic E-state index is 12.1. The van der Waals surface area contributed by atoms with E-state index in [0.29, 0.717) is 5.56 Å². The number of benzene rings is 1. The van der Waals surface area contributed by atoms with Crippen molar-refractivity contribution < 1.29 is 24.0 Å². The number of nitrogens with one attached hydrogen (secondary N) is 1. The molecular formula is C17H15N3O6S. The van der Waals surface area contributed by atoms with Crippen molar-refractivity contribution >= 4 is 33.9 Å². The zero-order valence-corrected chi connectivity index (χ0v) is 15.3. The molecule has 0 unspecified atom stereocenters. The minimum Gasteiger partial charge on any atom is -0.484 e. The summed E-state index contributed by atoms with van der Waals surface area (Å²) in [5, 5.41) is 22.7. The molecule has 1 heterocycles. The van der Waals surface area contributed by atoms with Crippen LogP contribution in [0.15, 0.2) is 24.3 Å². The molecule has 1 aromatic heterocycles. The van der Waals surface area contributed by atoms with Crippen LogP contribution in [0, 0.1) is 28.4 Å². The average molecular weight is 389 g/mol. The topological polar surface area (TPSA) is 132 Å². The van der Waals surface area contributed by atoms with Crippen LogP contribution in [-0.4, -0.2) is 30.0 Å². The lowest BCUT2D eigenvalue weighted by Crippen LogP contribution is -2.20. The number of anilines is 1. The number of rotatable bonds is 7. The van der Waals surface area contributed by atoms with Crippen molar-refractivity contribution in [3.05, 3.63) is 50.4 Å². The van der Waals surface area contributed by atoms with Crippen molar-refractivity contribution in [3.8, 4) is 11.8 Å². The Morgan fingerprint density at radius 1 is 1.33 bits per heavy atom. The van der Waals surface area contributed by atoms with Gasteiger partial charge in [0.2, 0.25) is 0 Å². The third-order valence-corrected chi connectivity index (χ3v) is 4.58. The smallest absolute Gasteiger partial charge is 0.348 e. The molecule has 0 bridgehead atoms. The molecule has 0 saturated carbocycles. The molecule has 140 valence electrons. The summed E-state index contributed by atoms with van der Waals surface area (Å²) in [5.74, 6) is -0.813. The number of carbonyl (C=O) groups excluding carboxylic acids is 2. The molecule has 0 aliphatic heterocycles. The molecule has 0 saturated heterocycles. The van der Waals surface area contributed by atoms with Gasteiger partial charge >= 0.3 is 5.97 Å². The monoisotopic (exact) mass is 389 g/mol. The Hall–Kier alpha value is -3.45. The fourth-order valence-electron chi connectivity index (χ4n) is 2.10. The van der Waals surface area contributed by atoms with Gasteiger partial charge in [0.25, 0.3) is 11.6 Å². The number of nitro groups is 1. The second-order valence-electron chi connectivity index (χ2n) is 5.18. The van der Waals surface area contributed by atoms with Crippen LogP contribution in [0.5, 0.6) is 5.75 Å². The first-order valence-corrected chi connectivity index (χ1v) is 8.56. The first-order chi connectivity index (χ1) is 12.9. The summed E-state index contributed by atoms with van der Waals surface area (Å²) in [6.07, 6.45) is 0. The maximum Gasteiger partial charge on any atom is 0.348 e. The van der Waals surface area contributed by atoms with E-state index in [1.165, 1.54) is 24.3 Å². The quantitative estimate of drug-likeness (QED) is 0.437. The van der Waals surface area contributed by atoms with Gasteiger partial charge in [0.1, 0.15) is 21.7 Å². The van der Waals surface area contributed by atoms with E-state index in [1.54, 1.807) is 13.8 Å². The van der Waals surface area contributed by atoms with E-state index in [4.69, 9.17) is 9.47 Å². The highest BCUT2D eigenvalue weighted by atomic mass is 32.1. The van der Waals surface area contributed by atoms with E-state index in [9.17, 15) is 25.0 Å². The van der Waals surface area contributed by atoms with Crippen molar-refractivity contribution in [1.29, 1.82) is 5.26 Å². The third kappa shape index (κ3) is 4.80. The summed E-state index contributed by atoms with van der Waals surface area (Å²) in [6, 6.07) is 7.23. The Morgan fingerprint density at radius 3 is 2.56 bits per heavy atom. The molecule has 9 nitrogen and oxygen atoms in total. The van der Waals surface area contributed by atoms with Gasteiger partial charge in [-0.3, -0.25) is 14.9 Å². The van der Waals surface area contributed by atoms with E-state index in [-0.39, 0.29) is 40.1 Å². The number of non-ortho nitro benzene ring substituents is 1. The van der Waals surface area contributed by atoms with E-state index in [1.807, 2.05) is 6.07 Å². The number of ether oxygens (including phenoxy) is 2. The number of nitriles is 1. The van der Waals surface area contributed by atoms with Gasteiger partial charge in [-0.25, -0.2) is 4.79 Å². The minimum atomic E-state index is -0.556. The minimum absolute atomic E-state index is 0.0916. The number of nitro benzene ring substituents is 1. The number of carbonyl (C=O) groups is 2. The summed E-state index contributed by atoms with van der Waals surface area (Å²) in [5.41, 5.74) is 0.533. The van der Waals surface area contributed by atoms with Crippen LogP contribution >= 0.6 is 11.3 Å². The zero-order valence-electron chi connectivity index (χ0n) is 14.5. The predicted molar refractivity (Wildman–Crippen MR) is 96.9 cm³/mol. The zero-order chi connectivity index (χ0) is 20.0. The highest BCUT2D eigenvalue weighted by Crippen LogP contribution is 2.33. The van der Waals surface area contributed by atoms with Gasteiger partial charge in [-0.15, -0.1) is 11.3 Å². The van der Waals surface area contributed by atoms with E-state index >= 15 is 0 Å². The highest BCUT2D eigenvalue weighted by Gasteiger charge is 2.22. The van der Waals surface area contributed by atoms with Gasteiger partial charge < -0.3 is 14.8 Å². The number of thiophene rings is 1. The molecule has 0 aliphatic carbocycles. The van der Waals surface area contributed by atoms with Crippen LogP contribution in [0.25, 0.3) is 0 Å². The summed E-state index contributed by atoms with van der Waals surface area (Å²) in [7, 11) is 0. The standard InChI is InChI=1S/C17H15N3O6S/c1-3-25-17(22)15-10(2)13(8-18)16(27-15)19-14(21)9-26-12-6-4-11(5-7-12)20(23)24/h4-7H,3,9H2,1-2H3,(H,19,21). The molecule has 0 fully saturated rings. The molecule has 0 aliphatic rings. The van der Waals surface area contributed by atoms with E-state index in [0.717, 1.165) is 11.3 Å².